The first-order valence-corrected chi connectivity index (χ1v) is 12.4. The van der Waals surface area contributed by atoms with E-state index < -0.39 is 23.6 Å². The molecule has 1 N–H and O–H groups in total. The van der Waals surface area contributed by atoms with Gasteiger partial charge in [0, 0.05) is 12.2 Å². The highest BCUT2D eigenvalue weighted by molar-refractivity contribution is 5.71. The molecule has 0 spiro atoms. The highest BCUT2D eigenvalue weighted by Gasteiger charge is 2.37. The van der Waals surface area contributed by atoms with Crippen LogP contribution in [-0.4, -0.2) is 17.6 Å². The zero-order chi connectivity index (χ0) is 25.9. The number of rotatable bonds is 7. The fourth-order valence-corrected chi connectivity index (χ4v) is 5.23. The molecule has 3 aromatic rings. The highest BCUT2D eigenvalue weighted by Crippen LogP contribution is 2.41. The van der Waals surface area contributed by atoms with Crippen LogP contribution in [0.4, 0.5) is 18.9 Å². The summed E-state index contributed by atoms with van der Waals surface area (Å²) in [5.41, 5.74) is 3.29. The molecule has 0 bridgehead atoms. The van der Waals surface area contributed by atoms with E-state index in [-0.39, 0.29) is 12.0 Å². The number of hydrogen-bond donors (Lipinski definition) is 1. The van der Waals surface area contributed by atoms with E-state index in [0.717, 1.165) is 28.9 Å². The Morgan fingerprint density at radius 1 is 0.944 bits per heavy atom. The largest absolute Gasteiger partial charge is 0.481 e. The minimum Gasteiger partial charge on any atom is -0.481 e. The molecule has 0 saturated carbocycles. The average molecular weight is 496 g/mol. The Morgan fingerprint density at radius 3 is 2.14 bits per heavy atom. The molecule has 1 saturated heterocycles. The molecule has 6 heteroatoms. The lowest BCUT2D eigenvalue weighted by molar-refractivity contribution is -0.144. The smallest absolute Gasteiger partial charge is 0.416 e. The number of benzene rings is 3. The molecule has 3 nitrogen and oxygen atoms in total. The number of anilines is 1. The normalized spacial score (nSPS) is 19.3. The summed E-state index contributed by atoms with van der Waals surface area (Å²) in [4.78, 5) is 14.5. The van der Waals surface area contributed by atoms with E-state index in [9.17, 15) is 23.1 Å². The van der Waals surface area contributed by atoms with Crippen LogP contribution in [0.3, 0.4) is 0 Å². The van der Waals surface area contributed by atoms with Crippen molar-refractivity contribution in [3.8, 4) is 0 Å². The Morgan fingerprint density at radius 2 is 1.58 bits per heavy atom. The molecule has 0 aromatic heterocycles. The molecule has 1 aliphatic rings. The minimum absolute atomic E-state index is 0.0850. The maximum absolute atomic E-state index is 13.1. The van der Waals surface area contributed by atoms with E-state index >= 15 is 0 Å². The molecule has 190 valence electrons. The first-order valence-electron chi connectivity index (χ1n) is 12.4. The van der Waals surface area contributed by atoms with Gasteiger partial charge in [0.2, 0.25) is 0 Å². The summed E-state index contributed by atoms with van der Waals surface area (Å²) in [6.45, 7) is 4.77. The van der Waals surface area contributed by atoms with Crippen LogP contribution in [0.1, 0.15) is 60.9 Å². The number of alkyl halides is 3. The summed E-state index contributed by atoms with van der Waals surface area (Å²) in [7, 11) is 0. The summed E-state index contributed by atoms with van der Waals surface area (Å²) in [6, 6.07) is 23.1. The van der Waals surface area contributed by atoms with E-state index in [4.69, 9.17) is 0 Å². The van der Waals surface area contributed by atoms with Gasteiger partial charge in [-0.15, -0.1) is 0 Å². The lowest BCUT2D eigenvalue weighted by Gasteiger charge is -2.43. The molecule has 1 aliphatic heterocycles. The summed E-state index contributed by atoms with van der Waals surface area (Å²) in [5, 5.41) is 10.1. The van der Waals surface area contributed by atoms with Gasteiger partial charge in [-0.2, -0.15) is 13.2 Å². The van der Waals surface area contributed by atoms with Crippen molar-refractivity contribution in [3.05, 3.63) is 101 Å². The topological polar surface area (TPSA) is 40.5 Å². The molecule has 0 amide bonds. The van der Waals surface area contributed by atoms with Crippen LogP contribution in [-0.2, 0) is 17.4 Å². The number of nitrogens with zero attached hydrogens (tertiary/aromatic N) is 1. The number of carboxylic acid groups (broad SMARTS) is 1. The third kappa shape index (κ3) is 5.92. The van der Waals surface area contributed by atoms with Gasteiger partial charge in [-0.3, -0.25) is 4.79 Å². The van der Waals surface area contributed by atoms with Gasteiger partial charge in [-0.05, 0) is 72.1 Å². The maximum Gasteiger partial charge on any atom is 0.416 e. The molecule has 1 unspecified atom stereocenters. The van der Waals surface area contributed by atoms with Crippen molar-refractivity contribution in [2.75, 3.05) is 11.4 Å². The molecule has 0 radical (unpaired) electrons. The van der Waals surface area contributed by atoms with Crippen molar-refractivity contribution in [2.45, 2.75) is 51.2 Å². The van der Waals surface area contributed by atoms with Crippen LogP contribution < -0.4 is 4.90 Å². The SMILES string of the molecule is CC(C)c1ccc(N2C[C@@H](C(Cc3ccccc3)C(=O)O)CC[C@H]2c2ccc(C(F)(F)F)cc2)cc1. The number of aliphatic carboxylic acids is 1. The second-order valence-electron chi connectivity index (χ2n) is 10.0. The van der Waals surface area contributed by atoms with Gasteiger partial charge in [0.15, 0.2) is 0 Å². The van der Waals surface area contributed by atoms with Crippen molar-refractivity contribution in [1.29, 1.82) is 0 Å². The van der Waals surface area contributed by atoms with Crippen LogP contribution in [0, 0.1) is 11.8 Å². The third-order valence-electron chi connectivity index (χ3n) is 7.32. The number of carboxylic acids is 1. The fourth-order valence-electron chi connectivity index (χ4n) is 5.23. The van der Waals surface area contributed by atoms with Crippen LogP contribution in [0.15, 0.2) is 78.9 Å². The van der Waals surface area contributed by atoms with E-state index in [1.807, 2.05) is 42.5 Å². The van der Waals surface area contributed by atoms with Crippen LogP contribution >= 0.6 is 0 Å². The van der Waals surface area contributed by atoms with Gasteiger partial charge in [0.1, 0.15) is 0 Å². The summed E-state index contributed by atoms with van der Waals surface area (Å²) < 4.78 is 39.4. The lowest BCUT2D eigenvalue weighted by Crippen LogP contribution is -2.43. The predicted octanol–water partition coefficient (Wildman–Crippen LogP) is 7.73. The van der Waals surface area contributed by atoms with Crippen molar-refractivity contribution in [2.24, 2.45) is 11.8 Å². The van der Waals surface area contributed by atoms with E-state index in [0.29, 0.717) is 31.7 Å². The molecular formula is C30H32F3NO2. The van der Waals surface area contributed by atoms with Crippen molar-refractivity contribution in [3.63, 3.8) is 0 Å². The second kappa shape index (κ2) is 10.8. The Kier molecular flexibility index (Phi) is 7.72. The molecule has 4 rings (SSSR count). The molecule has 36 heavy (non-hydrogen) atoms. The molecule has 3 atom stereocenters. The predicted molar refractivity (Wildman–Crippen MR) is 136 cm³/mol. The molecule has 1 fully saturated rings. The van der Waals surface area contributed by atoms with Crippen molar-refractivity contribution >= 4 is 11.7 Å². The second-order valence-corrected chi connectivity index (χ2v) is 10.0. The van der Waals surface area contributed by atoms with Gasteiger partial charge < -0.3 is 10.0 Å². The first-order chi connectivity index (χ1) is 17.1. The Hall–Kier alpha value is -3.28. The van der Waals surface area contributed by atoms with Crippen molar-refractivity contribution < 1.29 is 23.1 Å². The van der Waals surface area contributed by atoms with Crippen molar-refractivity contribution in [1.82, 2.24) is 0 Å². The average Bonchev–Trinajstić information content (AvgIpc) is 2.87. The highest BCUT2D eigenvalue weighted by atomic mass is 19.4. The Balaban J connectivity index is 1.64. The third-order valence-corrected chi connectivity index (χ3v) is 7.32. The zero-order valence-corrected chi connectivity index (χ0v) is 20.6. The zero-order valence-electron chi connectivity index (χ0n) is 20.6. The summed E-state index contributed by atoms with van der Waals surface area (Å²) >= 11 is 0. The first kappa shape index (κ1) is 25.8. The number of hydrogen-bond acceptors (Lipinski definition) is 2. The van der Waals surface area contributed by atoms with Gasteiger partial charge >= 0.3 is 12.1 Å². The molecule has 3 aromatic carbocycles. The van der Waals surface area contributed by atoms with Gasteiger partial charge in [-0.1, -0.05) is 68.4 Å². The Bertz CT molecular complexity index is 1140. The molecular weight excluding hydrogens is 463 g/mol. The van der Waals surface area contributed by atoms with E-state index in [1.54, 1.807) is 12.1 Å². The summed E-state index contributed by atoms with van der Waals surface area (Å²) in [6.07, 6.45) is -2.57. The van der Waals surface area contributed by atoms with Crippen LogP contribution in [0.25, 0.3) is 0 Å². The Labute approximate surface area is 210 Å². The number of carbonyl (C=O) groups is 1. The monoisotopic (exact) mass is 495 g/mol. The molecule has 0 aliphatic carbocycles. The fraction of sp³-hybridized carbons (Fsp3) is 0.367. The maximum atomic E-state index is 13.1. The van der Waals surface area contributed by atoms with Crippen LogP contribution in [0.5, 0.6) is 0 Å². The summed E-state index contributed by atoms with van der Waals surface area (Å²) in [5.74, 6) is -1.07. The van der Waals surface area contributed by atoms with Gasteiger partial charge in [0.25, 0.3) is 0 Å². The standard InChI is InChI=1S/C30H32F3NO2/c1-20(2)22-10-15-26(16-11-22)34-19-24(27(29(35)36)18-21-6-4-3-5-7-21)12-17-28(34)23-8-13-25(14-9-23)30(31,32)33/h3-11,13-16,20,24,27-28H,12,17-19H2,1-2H3,(H,35,36)/t24-,27?,28-/m0/s1. The lowest BCUT2D eigenvalue weighted by atomic mass is 9.78. The van der Waals surface area contributed by atoms with E-state index in [2.05, 4.69) is 30.9 Å². The van der Waals surface area contributed by atoms with Crippen LogP contribution in [0.2, 0.25) is 0 Å². The molecule has 1 heterocycles. The van der Waals surface area contributed by atoms with Gasteiger partial charge in [0.05, 0.1) is 17.5 Å². The number of halogens is 3. The van der Waals surface area contributed by atoms with E-state index in [1.165, 1.54) is 5.56 Å². The quantitative estimate of drug-likeness (QED) is 0.365. The number of piperidine rings is 1. The van der Waals surface area contributed by atoms with Gasteiger partial charge in [-0.25, -0.2) is 0 Å². The minimum atomic E-state index is -4.38.